The molecule has 140 valence electrons. The summed E-state index contributed by atoms with van der Waals surface area (Å²) in [6.45, 7) is 4.96. The molecule has 0 heterocycles. The Kier molecular flexibility index (Phi) is 7.44. The van der Waals surface area contributed by atoms with E-state index in [0.717, 1.165) is 21.9 Å². The molecule has 0 saturated heterocycles. The van der Waals surface area contributed by atoms with E-state index in [1.807, 2.05) is 26.0 Å². The van der Waals surface area contributed by atoms with Crippen molar-refractivity contribution >= 4 is 46.5 Å². The van der Waals surface area contributed by atoms with Gasteiger partial charge in [0.05, 0.1) is 30.0 Å². The monoisotopic (exact) mass is 415 g/mol. The van der Waals surface area contributed by atoms with Crippen molar-refractivity contribution in [1.82, 2.24) is 0 Å². The topological polar surface area (TPSA) is 47.6 Å². The highest BCUT2D eigenvalue weighted by Gasteiger charge is 2.16. The zero-order valence-corrected chi connectivity index (χ0v) is 17.1. The van der Waals surface area contributed by atoms with Crippen LogP contribution in [0.5, 0.6) is 5.75 Å². The van der Waals surface area contributed by atoms with Crippen LogP contribution in [0.1, 0.15) is 27.9 Å². The second-order valence-electron chi connectivity index (χ2n) is 5.80. The molecule has 0 saturated carbocycles. The van der Waals surface area contributed by atoms with Gasteiger partial charge in [-0.05, 0) is 55.7 Å². The number of halogens is 3. The third-order valence-corrected chi connectivity index (χ3v) is 4.87. The van der Waals surface area contributed by atoms with Crippen molar-refractivity contribution in [2.24, 2.45) is 0 Å². The zero-order valence-electron chi connectivity index (χ0n) is 14.8. The summed E-state index contributed by atoms with van der Waals surface area (Å²) < 4.78 is 10.5. The van der Waals surface area contributed by atoms with Crippen LogP contribution in [-0.2, 0) is 4.74 Å². The van der Waals surface area contributed by atoms with Crippen molar-refractivity contribution in [1.29, 1.82) is 0 Å². The summed E-state index contributed by atoms with van der Waals surface area (Å²) in [5.41, 5.74) is 2.77. The number of methoxy groups -OCH3 is 1. The third-order valence-electron chi connectivity index (χ3n) is 3.76. The molecule has 26 heavy (non-hydrogen) atoms. The molecule has 0 aliphatic rings. The van der Waals surface area contributed by atoms with E-state index in [0.29, 0.717) is 40.9 Å². The fourth-order valence-corrected chi connectivity index (χ4v) is 3.16. The fourth-order valence-electron chi connectivity index (χ4n) is 2.49. The van der Waals surface area contributed by atoms with Gasteiger partial charge in [-0.1, -0.05) is 34.8 Å². The maximum Gasteiger partial charge on any atom is 0.340 e. The lowest BCUT2D eigenvalue weighted by atomic mass is 10.1. The molecule has 0 amide bonds. The lowest BCUT2D eigenvalue weighted by Crippen LogP contribution is -2.12. The van der Waals surface area contributed by atoms with Crippen molar-refractivity contribution < 1.29 is 14.3 Å². The van der Waals surface area contributed by atoms with Gasteiger partial charge in [0.15, 0.2) is 0 Å². The Morgan fingerprint density at radius 3 is 2.35 bits per heavy atom. The predicted octanol–water partition coefficient (Wildman–Crippen LogP) is 5.93. The van der Waals surface area contributed by atoms with Crippen molar-refractivity contribution in [2.75, 3.05) is 25.6 Å². The highest BCUT2D eigenvalue weighted by molar-refractivity contribution is 6.37. The summed E-state index contributed by atoms with van der Waals surface area (Å²) in [4.78, 5) is 11.9. The van der Waals surface area contributed by atoms with Crippen molar-refractivity contribution in [3.05, 3.63) is 56.0 Å². The maximum absolute atomic E-state index is 11.9. The zero-order chi connectivity index (χ0) is 19.3. The Morgan fingerprint density at radius 2 is 1.73 bits per heavy atom. The van der Waals surface area contributed by atoms with E-state index in [1.165, 1.54) is 13.2 Å². The lowest BCUT2D eigenvalue weighted by molar-refractivity contribution is 0.0602. The molecule has 0 atom stereocenters. The van der Waals surface area contributed by atoms with Gasteiger partial charge in [0.1, 0.15) is 5.75 Å². The number of carbonyl (C=O) groups excluding carboxylic acids is 1. The Morgan fingerprint density at radius 1 is 1.08 bits per heavy atom. The molecule has 0 unspecified atom stereocenters. The number of rotatable bonds is 7. The van der Waals surface area contributed by atoms with Crippen molar-refractivity contribution in [3.8, 4) is 5.75 Å². The molecule has 4 nitrogen and oxygen atoms in total. The van der Waals surface area contributed by atoms with Crippen molar-refractivity contribution in [3.63, 3.8) is 0 Å². The third kappa shape index (κ3) is 5.19. The SMILES string of the molecule is COC(=O)c1cc(Cl)cc(Cl)c1NCCCOc1cc(C)c(Cl)c(C)c1. The highest BCUT2D eigenvalue weighted by atomic mass is 35.5. The number of anilines is 1. The molecule has 0 aliphatic carbocycles. The minimum Gasteiger partial charge on any atom is -0.494 e. The molecule has 0 fully saturated rings. The smallest absolute Gasteiger partial charge is 0.340 e. The average Bonchev–Trinajstić information content (AvgIpc) is 2.59. The molecule has 2 rings (SSSR count). The number of hydrogen-bond donors (Lipinski definition) is 1. The first kappa shape index (κ1) is 20.7. The molecular formula is C19H20Cl3NO3. The van der Waals surface area contributed by atoms with E-state index >= 15 is 0 Å². The Hall–Kier alpha value is -1.62. The van der Waals surface area contributed by atoms with E-state index in [9.17, 15) is 4.79 Å². The van der Waals surface area contributed by atoms with Gasteiger partial charge in [0.25, 0.3) is 0 Å². The van der Waals surface area contributed by atoms with E-state index in [1.54, 1.807) is 6.07 Å². The molecule has 0 spiro atoms. The van der Waals surface area contributed by atoms with E-state index in [4.69, 9.17) is 44.3 Å². The van der Waals surface area contributed by atoms with Gasteiger partial charge in [-0.15, -0.1) is 0 Å². The number of hydrogen-bond acceptors (Lipinski definition) is 4. The summed E-state index contributed by atoms with van der Waals surface area (Å²) in [5, 5.41) is 4.64. The van der Waals surface area contributed by atoms with Gasteiger partial charge in [-0.3, -0.25) is 0 Å². The Bertz CT molecular complexity index is 786. The number of ether oxygens (including phenoxy) is 2. The number of aryl methyl sites for hydroxylation is 2. The van der Waals surface area contributed by atoms with Crippen LogP contribution in [0.3, 0.4) is 0 Å². The lowest BCUT2D eigenvalue weighted by Gasteiger charge is -2.14. The summed E-state index contributed by atoms with van der Waals surface area (Å²) in [6, 6.07) is 6.92. The fraction of sp³-hybridized carbons (Fsp3) is 0.316. The summed E-state index contributed by atoms with van der Waals surface area (Å²) >= 11 is 18.3. The molecule has 1 N–H and O–H groups in total. The van der Waals surface area contributed by atoms with Crippen LogP contribution in [0.2, 0.25) is 15.1 Å². The first-order valence-electron chi connectivity index (χ1n) is 8.04. The van der Waals surface area contributed by atoms with Crippen LogP contribution in [-0.4, -0.2) is 26.2 Å². The largest absolute Gasteiger partial charge is 0.494 e. The van der Waals surface area contributed by atoms with Crippen LogP contribution < -0.4 is 10.1 Å². The van der Waals surface area contributed by atoms with Gasteiger partial charge in [-0.2, -0.15) is 0 Å². The number of benzene rings is 2. The van der Waals surface area contributed by atoms with Gasteiger partial charge in [0, 0.05) is 16.6 Å². The molecule has 2 aromatic carbocycles. The van der Waals surface area contributed by atoms with Crippen LogP contribution in [0, 0.1) is 13.8 Å². The van der Waals surface area contributed by atoms with E-state index in [-0.39, 0.29) is 0 Å². The maximum atomic E-state index is 11.9. The predicted molar refractivity (Wildman–Crippen MR) is 107 cm³/mol. The summed E-state index contributed by atoms with van der Waals surface area (Å²) in [7, 11) is 1.31. The standard InChI is InChI=1S/C19H20Cl3NO3/c1-11-7-14(8-12(2)17(11)22)26-6-4-5-23-18-15(19(24)25-3)9-13(20)10-16(18)21/h7-10,23H,4-6H2,1-3H3. The number of nitrogens with one attached hydrogen (secondary N) is 1. The summed E-state index contributed by atoms with van der Waals surface area (Å²) in [5.74, 6) is 0.282. The second-order valence-corrected chi connectivity index (χ2v) is 7.02. The van der Waals surface area contributed by atoms with Crippen LogP contribution in [0.25, 0.3) is 0 Å². The normalized spacial score (nSPS) is 10.5. The van der Waals surface area contributed by atoms with E-state index < -0.39 is 5.97 Å². The molecule has 0 radical (unpaired) electrons. The van der Waals surface area contributed by atoms with Crippen LogP contribution in [0.4, 0.5) is 5.69 Å². The Labute approximate surface area is 168 Å². The molecule has 0 aromatic heterocycles. The quantitative estimate of drug-likeness (QED) is 0.449. The molecule has 7 heteroatoms. The Balaban J connectivity index is 1.93. The first-order chi connectivity index (χ1) is 12.3. The minimum atomic E-state index is -0.500. The minimum absolute atomic E-state index is 0.301. The van der Waals surface area contributed by atoms with Gasteiger partial charge >= 0.3 is 5.97 Å². The summed E-state index contributed by atoms with van der Waals surface area (Å²) in [6.07, 6.45) is 0.709. The van der Waals surface area contributed by atoms with Gasteiger partial charge in [-0.25, -0.2) is 4.79 Å². The molecule has 2 aromatic rings. The molecule has 0 bridgehead atoms. The average molecular weight is 417 g/mol. The van der Waals surface area contributed by atoms with Gasteiger partial charge < -0.3 is 14.8 Å². The van der Waals surface area contributed by atoms with Crippen LogP contribution >= 0.6 is 34.8 Å². The second kappa shape index (κ2) is 9.36. The van der Waals surface area contributed by atoms with Crippen LogP contribution in [0.15, 0.2) is 24.3 Å². The van der Waals surface area contributed by atoms with Gasteiger partial charge in [0.2, 0.25) is 0 Å². The number of carbonyl (C=O) groups is 1. The highest BCUT2D eigenvalue weighted by Crippen LogP contribution is 2.31. The number of esters is 1. The molecule has 0 aliphatic heterocycles. The molecular weight excluding hydrogens is 397 g/mol. The van der Waals surface area contributed by atoms with E-state index in [2.05, 4.69) is 5.32 Å². The van der Waals surface area contributed by atoms with Crippen molar-refractivity contribution in [2.45, 2.75) is 20.3 Å². The first-order valence-corrected chi connectivity index (χ1v) is 9.17.